The molecule has 3 heteroatoms. The molecule has 2 fully saturated rings. The number of hydrogen-bond acceptors (Lipinski definition) is 3. The van der Waals surface area contributed by atoms with Crippen molar-refractivity contribution in [1.82, 2.24) is 9.80 Å². The summed E-state index contributed by atoms with van der Waals surface area (Å²) >= 11 is 0. The van der Waals surface area contributed by atoms with E-state index in [1.54, 1.807) is 7.11 Å². The number of ether oxygens (including phenoxy) is 1. The Morgan fingerprint density at radius 2 is 1.74 bits per heavy atom. The van der Waals surface area contributed by atoms with Crippen LogP contribution in [0.2, 0.25) is 0 Å². The number of likely N-dealkylation sites (tertiary alicyclic amines) is 2. The van der Waals surface area contributed by atoms with Gasteiger partial charge in [0.1, 0.15) is 0 Å². The average molecular weight is 316 g/mol. The molecular formula is C20H32N2O. The predicted molar refractivity (Wildman–Crippen MR) is 95.8 cm³/mol. The van der Waals surface area contributed by atoms with Gasteiger partial charge in [-0.15, -0.1) is 0 Å². The van der Waals surface area contributed by atoms with E-state index >= 15 is 0 Å². The molecule has 1 aromatic carbocycles. The highest BCUT2D eigenvalue weighted by molar-refractivity contribution is 5.28. The van der Waals surface area contributed by atoms with Crippen LogP contribution in [0.3, 0.4) is 0 Å². The summed E-state index contributed by atoms with van der Waals surface area (Å²) in [7, 11) is 1.81. The molecule has 2 aliphatic rings. The summed E-state index contributed by atoms with van der Waals surface area (Å²) in [5.74, 6) is 0. The molecular weight excluding hydrogens is 284 g/mol. The average Bonchev–Trinajstić information content (AvgIpc) is 2.86. The molecule has 0 aromatic heterocycles. The lowest BCUT2D eigenvalue weighted by Crippen LogP contribution is -2.45. The molecule has 23 heavy (non-hydrogen) atoms. The van der Waals surface area contributed by atoms with Gasteiger partial charge in [-0.2, -0.15) is 0 Å². The molecule has 0 aliphatic carbocycles. The van der Waals surface area contributed by atoms with E-state index in [0.717, 1.165) is 19.7 Å². The van der Waals surface area contributed by atoms with Gasteiger partial charge in [-0.3, -0.25) is 4.90 Å². The molecule has 0 radical (unpaired) electrons. The van der Waals surface area contributed by atoms with Gasteiger partial charge in [0.15, 0.2) is 0 Å². The van der Waals surface area contributed by atoms with Crippen LogP contribution in [0, 0.1) is 19.3 Å². The minimum atomic E-state index is 0.533. The minimum Gasteiger partial charge on any atom is -0.383 e. The Labute approximate surface area is 141 Å². The van der Waals surface area contributed by atoms with E-state index in [-0.39, 0.29) is 0 Å². The molecule has 1 spiro atoms. The molecule has 2 heterocycles. The Balaban J connectivity index is 1.59. The number of aryl methyl sites for hydroxylation is 2. The standard InChI is InChI=1S/C20H32N2O/c1-17-11-18(2)13-19(12-17)14-22-8-6-20(16-22)5-4-7-21(15-20)9-10-23-3/h11-13H,4-10,14-16H2,1-3H3. The van der Waals surface area contributed by atoms with E-state index in [4.69, 9.17) is 4.74 Å². The van der Waals surface area contributed by atoms with Gasteiger partial charge in [-0.05, 0) is 57.2 Å². The third-order valence-electron chi connectivity index (χ3n) is 5.56. The van der Waals surface area contributed by atoms with Gasteiger partial charge in [-0.1, -0.05) is 29.3 Å². The highest BCUT2D eigenvalue weighted by Crippen LogP contribution is 2.39. The molecule has 2 aliphatic heterocycles. The number of hydrogen-bond donors (Lipinski definition) is 0. The van der Waals surface area contributed by atoms with Crippen LogP contribution < -0.4 is 0 Å². The lowest BCUT2D eigenvalue weighted by Gasteiger charge is -2.40. The molecule has 0 bridgehead atoms. The second-order valence-corrected chi connectivity index (χ2v) is 7.83. The van der Waals surface area contributed by atoms with Crippen LogP contribution in [0.4, 0.5) is 0 Å². The molecule has 3 nitrogen and oxygen atoms in total. The van der Waals surface area contributed by atoms with Gasteiger partial charge in [-0.25, -0.2) is 0 Å². The third kappa shape index (κ3) is 4.34. The Morgan fingerprint density at radius 3 is 2.48 bits per heavy atom. The zero-order valence-electron chi connectivity index (χ0n) is 15.1. The number of piperidine rings is 1. The fourth-order valence-corrected chi connectivity index (χ4v) is 4.64. The van der Waals surface area contributed by atoms with E-state index in [0.29, 0.717) is 5.41 Å². The van der Waals surface area contributed by atoms with Crippen molar-refractivity contribution in [2.45, 2.75) is 39.7 Å². The van der Waals surface area contributed by atoms with Crippen molar-refractivity contribution < 1.29 is 4.74 Å². The SMILES string of the molecule is COCCN1CCCC2(CCN(Cc3cc(C)cc(C)c3)C2)C1. The van der Waals surface area contributed by atoms with Crippen molar-refractivity contribution in [3.8, 4) is 0 Å². The molecule has 128 valence electrons. The Bertz CT molecular complexity index is 510. The number of methoxy groups -OCH3 is 1. The van der Waals surface area contributed by atoms with Crippen molar-refractivity contribution >= 4 is 0 Å². The van der Waals surface area contributed by atoms with E-state index in [2.05, 4.69) is 41.8 Å². The van der Waals surface area contributed by atoms with Gasteiger partial charge in [0.05, 0.1) is 6.61 Å². The van der Waals surface area contributed by atoms with Gasteiger partial charge >= 0.3 is 0 Å². The van der Waals surface area contributed by atoms with Crippen LogP contribution in [0.15, 0.2) is 18.2 Å². The van der Waals surface area contributed by atoms with Crippen LogP contribution >= 0.6 is 0 Å². The monoisotopic (exact) mass is 316 g/mol. The highest BCUT2D eigenvalue weighted by atomic mass is 16.5. The maximum Gasteiger partial charge on any atom is 0.0589 e. The van der Waals surface area contributed by atoms with Crippen molar-refractivity contribution in [3.63, 3.8) is 0 Å². The molecule has 1 atom stereocenters. The first-order valence-electron chi connectivity index (χ1n) is 9.09. The first kappa shape index (κ1) is 16.9. The Kier molecular flexibility index (Phi) is 5.40. The van der Waals surface area contributed by atoms with Crippen LogP contribution in [-0.4, -0.2) is 56.2 Å². The van der Waals surface area contributed by atoms with Crippen molar-refractivity contribution in [1.29, 1.82) is 0 Å². The Morgan fingerprint density at radius 1 is 1.00 bits per heavy atom. The van der Waals surface area contributed by atoms with Gasteiger partial charge in [0.2, 0.25) is 0 Å². The first-order chi connectivity index (χ1) is 11.1. The maximum absolute atomic E-state index is 5.27. The largest absolute Gasteiger partial charge is 0.383 e. The smallest absolute Gasteiger partial charge is 0.0589 e. The number of nitrogens with zero attached hydrogens (tertiary/aromatic N) is 2. The first-order valence-corrected chi connectivity index (χ1v) is 9.09. The summed E-state index contributed by atoms with van der Waals surface area (Å²) in [5, 5.41) is 0. The summed E-state index contributed by atoms with van der Waals surface area (Å²) in [6.45, 7) is 12.5. The second-order valence-electron chi connectivity index (χ2n) is 7.83. The summed E-state index contributed by atoms with van der Waals surface area (Å²) in [4.78, 5) is 5.29. The number of benzene rings is 1. The summed E-state index contributed by atoms with van der Waals surface area (Å²) in [6.07, 6.45) is 4.11. The van der Waals surface area contributed by atoms with Crippen LogP contribution in [0.5, 0.6) is 0 Å². The van der Waals surface area contributed by atoms with Crippen LogP contribution in [-0.2, 0) is 11.3 Å². The van der Waals surface area contributed by atoms with Gasteiger partial charge < -0.3 is 9.64 Å². The van der Waals surface area contributed by atoms with E-state index in [1.807, 2.05) is 0 Å². The Hall–Kier alpha value is -0.900. The maximum atomic E-state index is 5.27. The third-order valence-corrected chi connectivity index (χ3v) is 5.56. The minimum absolute atomic E-state index is 0.533. The molecule has 1 unspecified atom stereocenters. The zero-order valence-corrected chi connectivity index (χ0v) is 15.1. The highest BCUT2D eigenvalue weighted by Gasteiger charge is 2.40. The van der Waals surface area contributed by atoms with Crippen molar-refractivity contribution in [2.24, 2.45) is 5.41 Å². The lowest BCUT2D eigenvalue weighted by molar-refractivity contribution is 0.0673. The second kappa shape index (κ2) is 7.33. The van der Waals surface area contributed by atoms with Crippen LogP contribution in [0.1, 0.15) is 36.0 Å². The molecule has 3 rings (SSSR count). The van der Waals surface area contributed by atoms with E-state index < -0.39 is 0 Å². The molecule has 0 saturated carbocycles. The normalized spacial score (nSPS) is 26.2. The van der Waals surface area contributed by atoms with E-state index in [1.165, 1.54) is 62.1 Å². The topological polar surface area (TPSA) is 15.7 Å². The van der Waals surface area contributed by atoms with Crippen molar-refractivity contribution in [2.75, 3.05) is 46.4 Å². The zero-order chi connectivity index (χ0) is 16.3. The van der Waals surface area contributed by atoms with Crippen LogP contribution in [0.25, 0.3) is 0 Å². The van der Waals surface area contributed by atoms with Crippen molar-refractivity contribution in [3.05, 3.63) is 34.9 Å². The van der Waals surface area contributed by atoms with E-state index in [9.17, 15) is 0 Å². The van der Waals surface area contributed by atoms with Gasteiger partial charge in [0, 0.05) is 33.3 Å². The quantitative estimate of drug-likeness (QED) is 0.829. The van der Waals surface area contributed by atoms with Gasteiger partial charge in [0.25, 0.3) is 0 Å². The predicted octanol–water partition coefficient (Wildman–Crippen LogP) is 3.24. The summed E-state index contributed by atoms with van der Waals surface area (Å²) < 4.78 is 5.27. The summed E-state index contributed by atoms with van der Waals surface area (Å²) in [5.41, 5.74) is 4.78. The fourth-order valence-electron chi connectivity index (χ4n) is 4.64. The molecule has 2 saturated heterocycles. The fraction of sp³-hybridized carbons (Fsp3) is 0.700. The molecule has 0 amide bonds. The lowest BCUT2D eigenvalue weighted by atomic mass is 9.79. The number of rotatable bonds is 5. The summed E-state index contributed by atoms with van der Waals surface area (Å²) in [6, 6.07) is 6.97. The molecule has 1 aromatic rings. The molecule has 0 N–H and O–H groups in total.